The van der Waals surface area contributed by atoms with Crippen molar-refractivity contribution in [3.8, 4) is 5.75 Å². The summed E-state index contributed by atoms with van der Waals surface area (Å²) in [4.78, 5) is 30.1. The van der Waals surface area contributed by atoms with E-state index in [0.29, 0.717) is 22.8 Å². The monoisotopic (exact) mass is 508 g/mol. The molecule has 1 aliphatic rings. The smallest absolute Gasteiger partial charge is 0.286 e. The fourth-order valence-corrected chi connectivity index (χ4v) is 4.57. The van der Waals surface area contributed by atoms with Crippen LogP contribution >= 0.6 is 11.3 Å². The third-order valence-corrected chi connectivity index (χ3v) is 6.89. The molecule has 0 saturated carbocycles. The number of aromatic nitrogens is 2. The normalized spacial score (nSPS) is 14.4. The number of nitrogens with one attached hydrogen (secondary N) is 2. The van der Waals surface area contributed by atoms with E-state index in [1.165, 1.54) is 11.3 Å². The van der Waals surface area contributed by atoms with Crippen LogP contribution < -0.4 is 15.4 Å². The van der Waals surface area contributed by atoms with E-state index in [2.05, 4.69) is 37.6 Å². The number of amides is 2. The molecule has 10 heteroatoms. The van der Waals surface area contributed by atoms with Gasteiger partial charge in [-0.05, 0) is 49.8 Å². The summed E-state index contributed by atoms with van der Waals surface area (Å²) in [5.74, 6) is 0.195. The number of carbonyl (C=O) groups is 2. The number of hydrogen-bond donors (Lipinski definition) is 2. The van der Waals surface area contributed by atoms with Crippen LogP contribution in [0, 0.1) is 0 Å². The molecule has 36 heavy (non-hydrogen) atoms. The third-order valence-electron chi connectivity index (χ3n) is 6.00. The van der Waals surface area contributed by atoms with E-state index in [4.69, 9.17) is 4.74 Å². The molecule has 190 valence electrons. The Hall–Kier alpha value is -3.34. The fourth-order valence-electron chi connectivity index (χ4n) is 3.92. The van der Waals surface area contributed by atoms with Crippen molar-refractivity contribution in [3.63, 3.8) is 0 Å². The van der Waals surface area contributed by atoms with Gasteiger partial charge in [0.25, 0.3) is 11.8 Å². The maximum atomic E-state index is 12.6. The molecule has 2 heterocycles. The van der Waals surface area contributed by atoms with Crippen molar-refractivity contribution < 1.29 is 14.3 Å². The Bertz CT molecular complexity index is 1130. The Kier molecular flexibility index (Phi) is 9.37. The minimum Gasteiger partial charge on any atom is -0.486 e. The number of ether oxygens (including phenoxy) is 1. The molecule has 2 amide bonds. The summed E-state index contributed by atoms with van der Waals surface area (Å²) in [5, 5.41) is 14.6. The van der Waals surface area contributed by atoms with Crippen LogP contribution in [0.2, 0.25) is 0 Å². The SMILES string of the molecule is CCN1CCN(CCCNC(=O)c2cccc(NC(=O)c3nnc(COc4ccccc4)s3)c2)CC1. The van der Waals surface area contributed by atoms with Crippen LogP contribution in [-0.2, 0) is 6.61 Å². The number of likely N-dealkylation sites (N-methyl/N-ethyl adjacent to an activating group) is 1. The molecule has 4 rings (SSSR count). The zero-order chi connectivity index (χ0) is 25.2. The first kappa shape index (κ1) is 25.7. The molecule has 2 N–H and O–H groups in total. The largest absolute Gasteiger partial charge is 0.486 e. The molecule has 2 aromatic carbocycles. The predicted molar refractivity (Wildman–Crippen MR) is 141 cm³/mol. The lowest BCUT2D eigenvalue weighted by atomic mass is 10.2. The number of piperazine rings is 1. The molecule has 1 fully saturated rings. The lowest BCUT2D eigenvalue weighted by molar-refractivity contribution is 0.0947. The molecule has 0 bridgehead atoms. The van der Waals surface area contributed by atoms with Gasteiger partial charge in [0.1, 0.15) is 12.4 Å². The number of nitrogens with zero attached hydrogens (tertiary/aromatic N) is 4. The zero-order valence-electron chi connectivity index (χ0n) is 20.5. The maximum absolute atomic E-state index is 12.6. The van der Waals surface area contributed by atoms with Crippen molar-refractivity contribution in [2.24, 2.45) is 0 Å². The van der Waals surface area contributed by atoms with Gasteiger partial charge in [-0.2, -0.15) is 0 Å². The van der Waals surface area contributed by atoms with Crippen LogP contribution in [0.5, 0.6) is 5.75 Å². The van der Waals surface area contributed by atoms with Crippen molar-refractivity contribution in [3.05, 3.63) is 70.2 Å². The van der Waals surface area contributed by atoms with Crippen LogP contribution in [0.15, 0.2) is 54.6 Å². The number of benzene rings is 2. The highest BCUT2D eigenvalue weighted by Crippen LogP contribution is 2.17. The van der Waals surface area contributed by atoms with Gasteiger partial charge >= 0.3 is 0 Å². The molecule has 0 aliphatic carbocycles. The van der Waals surface area contributed by atoms with E-state index in [1.807, 2.05) is 30.3 Å². The van der Waals surface area contributed by atoms with E-state index in [-0.39, 0.29) is 23.4 Å². The van der Waals surface area contributed by atoms with Crippen LogP contribution in [0.4, 0.5) is 5.69 Å². The second-order valence-electron chi connectivity index (χ2n) is 8.52. The molecule has 0 spiro atoms. The number of anilines is 1. The van der Waals surface area contributed by atoms with Crippen molar-refractivity contribution in [2.45, 2.75) is 20.0 Å². The minimum absolute atomic E-state index is 0.154. The molecule has 0 atom stereocenters. The van der Waals surface area contributed by atoms with Gasteiger partial charge in [0.15, 0.2) is 5.01 Å². The number of hydrogen-bond acceptors (Lipinski definition) is 8. The molecule has 1 saturated heterocycles. The minimum atomic E-state index is -0.376. The summed E-state index contributed by atoms with van der Waals surface area (Å²) in [5.41, 5.74) is 1.03. The average molecular weight is 509 g/mol. The van der Waals surface area contributed by atoms with Crippen LogP contribution in [-0.4, -0.2) is 77.6 Å². The second kappa shape index (κ2) is 13.1. The van der Waals surface area contributed by atoms with E-state index >= 15 is 0 Å². The van der Waals surface area contributed by atoms with Gasteiger partial charge < -0.3 is 25.2 Å². The van der Waals surface area contributed by atoms with Gasteiger partial charge in [0.05, 0.1) is 0 Å². The Balaban J connectivity index is 1.21. The Morgan fingerprint density at radius 2 is 1.75 bits per heavy atom. The van der Waals surface area contributed by atoms with E-state index < -0.39 is 0 Å². The molecule has 9 nitrogen and oxygen atoms in total. The highest BCUT2D eigenvalue weighted by atomic mass is 32.1. The Morgan fingerprint density at radius 3 is 2.53 bits per heavy atom. The number of para-hydroxylation sites is 1. The van der Waals surface area contributed by atoms with E-state index in [1.54, 1.807) is 24.3 Å². The number of carbonyl (C=O) groups excluding carboxylic acids is 2. The number of rotatable bonds is 11. The summed E-state index contributed by atoms with van der Waals surface area (Å²) in [6.07, 6.45) is 0.904. The van der Waals surface area contributed by atoms with E-state index in [9.17, 15) is 9.59 Å². The Morgan fingerprint density at radius 1 is 0.972 bits per heavy atom. The first-order valence-electron chi connectivity index (χ1n) is 12.3. The summed E-state index contributed by atoms with van der Waals surface area (Å²) in [6.45, 7) is 9.52. The van der Waals surface area contributed by atoms with Gasteiger partial charge in [0, 0.05) is 44.0 Å². The summed E-state index contributed by atoms with van der Waals surface area (Å²) >= 11 is 1.17. The first-order chi connectivity index (χ1) is 17.6. The standard InChI is InChI=1S/C26H32N6O3S/c1-2-31-14-16-32(17-15-31)13-7-12-27-24(33)20-8-6-9-21(18-20)28-25(34)26-30-29-23(36-26)19-35-22-10-4-3-5-11-22/h3-6,8-11,18H,2,7,12-17,19H2,1H3,(H,27,33)(H,28,34). The van der Waals surface area contributed by atoms with Gasteiger partial charge in [-0.15, -0.1) is 10.2 Å². The first-order valence-corrected chi connectivity index (χ1v) is 13.1. The molecule has 3 aromatic rings. The van der Waals surface area contributed by atoms with Crippen LogP contribution in [0.3, 0.4) is 0 Å². The molecule has 0 radical (unpaired) electrons. The predicted octanol–water partition coefficient (Wildman–Crippen LogP) is 3.13. The maximum Gasteiger partial charge on any atom is 0.286 e. The van der Waals surface area contributed by atoms with Gasteiger partial charge in [-0.1, -0.05) is 42.5 Å². The van der Waals surface area contributed by atoms with E-state index in [0.717, 1.165) is 51.4 Å². The zero-order valence-corrected chi connectivity index (χ0v) is 21.3. The molecule has 0 unspecified atom stereocenters. The van der Waals surface area contributed by atoms with Gasteiger partial charge in [0.2, 0.25) is 5.01 Å². The van der Waals surface area contributed by atoms with Gasteiger partial charge in [-0.3, -0.25) is 9.59 Å². The summed E-state index contributed by atoms with van der Waals surface area (Å²) < 4.78 is 5.66. The molecular formula is C26H32N6O3S. The van der Waals surface area contributed by atoms with Crippen LogP contribution in [0.1, 0.15) is 38.5 Å². The van der Waals surface area contributed by atoms with Crippen LogP contribution in [0.25, 0.3) is 0 Å². The topological polar surface area (TPSA) is 99.7 Å². The summed E-state index contributed by atoms with van der Waals surface area (Å²) in [6, 6.07) is 16.3. The van der Waals surface area contributed by atoms with Crippen molar-refractivity contribution in [2.75, 3.05) is 51.1 Å². The third kappa shape index (κ3) is 7.58. The summed E-state index contributed by atoms with van der Waals surface area (Å²) in [7, 11) is 0. The molecular weight excluding hydrogens is 476 g/mol. The van der Waals surface area contributed by atoms with Gasteiger partial charge in [-0.25, -0.2) is 0 Å². The Labute approximate surface area is 215 Å². The fraction of sp³-hybridized carbons (Fsp3) is 0.385. The highest BCUT2D eigenvalue weighted by molar-refractivity contribution is 7.13. The molecule has 1 aromatic heterocycles. The second-order valence-corrected chi connectivity index (χ2v) is 9.59. The quantitative estimate of drug-likeness (QED) is 0.384. The van der Waals surface area contributed by atoms with Crippen molar-refractivity contribution in [1.29, 1.82) is 0 Å². The lowest BCUT2D eigenvalue weighted by Gasteiger charge is -2.33. The lowest BCUT2D eigenvalue weighted by Crippen LogP contribution is -2.46. The highest BCUT2D eigenvalue weighted by Gasteiger charge is 2.16. The molecule has 1 aliphatic heterocycles. The average Bonchev–Trinajstić information content (AvgIpc) is 3.40. The van der Waals surface area contributed by atoms with Crippen molar-refractivity contribution in [1.82, 2.24) is 25.3 Å². The van der Waals surface area contributed by atoms with Crippen molar-refractivity contribution >= 4 is 28.8 Å².